The Morgan fingerprint density at radius 2 is 2.08 bits per heavy atom. The fourth-order valence-corrected chi connectivity index (χ4v) is 5.06. The van der Waals surface area contributed by atoms with Gasteiger partial charge >= 0.3 is 0 Å². The van der Waals surface area contributed by atoms with Gasteiger partial charge in [-0.2, -0.15) is 0 Å². The lowest BCUT2D eigenvalue weighted by atomic mass is 9.77. The maximum absolute atomic E-state index is 13.5. The molecule has 0 saturated carbocycles. The minimum atomic E-state index is -0.284. The zero-order valence-electron chi connectivity index (χ0n) is 15.0. The molecule has 0 saturated heterocycles. The van der Waals surface area contributed by atoms with E-state index < -0.39 is 0 Å². The van der Waals surface area contributed by atoms with Crippen LogP contribution in [0.15, 0.2) is 36.1 Å². The van der Waals surface area contributed by atoms with Crippen LogP contribution in [0.5, 0.6) is 0 Å². The van der Waals surface area contributed by atoms with E-state index in [4.69, 9.17) is 4.74 Å². The van der Waals surface area contributed by atoms with Crippen molar-refractivity contribution in [2.75, 3.05) is 13.6 Å². The Hall–Kier alpha value is -2.40. The molecule has 26 heavy (non-hydrogen) atoms. The molecule has 5 nitrogen and oxygen atoms in total. The summed E-state index contributed by atoms with van der Waals surface area (Å²) in [5.74, 6) is -0.418. The summed E-state index contributed by atoms with van der Waals surface area (Å²) in [4.78, 5) is 27.7. The number of benzene rings is 1. The number of fused-ring (bicyclic) bond motifs is 4. The number of hydrogen-bond donors (Lipinski definition) is 0. The van der Waals surface area contributed by atoms with Gasteiger partial charge in [0.1, 0.15) is 12.4 Å². The van der Waals surface area contributed by atoms with E-state index in [0.29, 0.717) is 5.57 Å². The Morgan fingerprint density at radius 3 is 2.88 bits per heavy atom. The van der Waals surface area contributed by atoms with Gasteiger partial charge < -0.3 is 9.53 Å². The molecule has 0 bridgehead atoms. The number of likely N-dealkylation sites (N-methyl/N-ethyl adjacent to an activating group) is 1. The summed E-state index contributed by atoms with van der Waals surface area (Å²) in [5, 5.41) is 1.17. The van der Waals surface area contributed by atoms with Crippen LogP contribution in [0.1, 0.15) is 35.4 Å². The van der Waals surface area contributed by atoms with Gasteiger partial charge in [0.2, 0.25) is 0 Å². The monoisotopic (exact) mass is 350 g/mol. The van der Waals surface area contributed by atoms with E-state index in [2.05, 4.69) is 18.0 Å². The molecule has 0 radical (unpaired) electrons. The second-order valence-electron chi connectivity index (χ2n) is 7.74. The van der Waals surface area contributed by atoms with Gasteiger partial charge in [-0.15, -0.1) is 0 Å². The largest absolute Gasteiger partial charge is 0.497 e. The number of carbonyl (C=O) groups is 2. The summed E-state index contributed by atoms with van der Waals surface area (Å²) >= 11 is 0. The van der Waals surface area contributed by atoms with Crippen LogP contribution in [0.25, 0.3) is 10.9 Å². The fraction of sp³-hybridized carbons (Fsp3) is 0.429. The van der Waals surface area contributed by atoms with Crippen molar-refractivity contribution in [1.82, 2.24) is 9.47 Å². The highest BCUT2D eigenvalue weighted by Gasteiger charge is 2.45. The van der Waals surface area contributed by atoms with Crippen molar-refractivity contribution in [3.8, 4) is 0 Å². The molecule has 3 aliphatic heterocycles. The average molecular weight is 350 g/mol. The smallest absolute Gasteiger partial charge is 0.261 e. The van der Waals surface area contributed by atoms with Crippen molar-refractivity contribution >= 4 is 23.1 Å². The summed E-state index contributed by atoms with van der Waals surface area (Å²) in [6, 6.07) is 8.29. The van der Waals surface area contributed by atoms with Crippen molar-refractivity contribution in [3.63, 3.8) is 0 Å². The maximum atomic E-state index is 13.5. The number of para-hydroxylation sites is 1. The SMILES string of the molecule is C[C@@H]1OC=C2C(=O)n3c4c(c5ccccc53)CCN(C)[C@@H]4C[C@H]2[C@@H]1C=O. The van der Waals surface area contributed by atoms with Crippen LogP contribution in [0.4, 0.5) is 0 Å². The van der Waals surface area contributed by atoms with Gasteiger partial charge in [0.05, 0.1) is 29.3 Å². The van der Waals surface area contributed by atoms with Crippen LogP contribution in [-0.2, 0) is 16.0 Å². The van der Waals surface area contributed by atoms with E-state index in [-0.39, 0.29) is 29.9 Å². The third-order valence-electron chi connectivity index (χ3n) is 6.48. The van der Waals surface area contributed by atoms with Crippen LogP contribution >= 0.6 is 0 Å². The molecule has 0 unspecified atom stereocenters. The van der Waals surface area contributed by atoms with Crippen molar-refractivity contribution < 1.29 is 14.3 Å². The lowest BCUT2D eigenvalue weighted by molar-refractivity contribution is -0.117. The van der Waals surface area contributed by atoms with E-state index in [1.807, 2.05) is 29.7 Å². The van der Waals surface area contributed by atoms with Crippen LogP contribution in [0.3, 0.4) is 0 Å². The molecule has 4 heterocycles. The number of ether oxygens (including phenoxy) is 1. The van der Waals surface area contributed by atoms with Crippen molar-refractivity contribution in [2.24, 2.45) is 11.8 Å². The first-order valence-electron chi connectivity index (χ1n) is 9.29. The molecule has 1 aromatic heterocycles. The number of rotatable bonds is 1. The van der Waals surface area contributed by atoms with E-state index >= 15 is 0 Å². The second-order valence-corrected chi connectivity index (χ2v) is 7.74. The van der Waals surface area contributed by atoms with Crippen LogP contribution < -0.4 is 0 Å². The zero-order valence-corrected chi connectivity index (χ0v) is 15.0. The lowest BCUT2D eigenvalue weighted by Crippen LogP contribution is -2.38. The number of allylic oxidation sites excluding steroid dienone is 1. The Labute approximate surface area is 152 Å². The van der Waals surface area contributed by atoms with Crippen molar-refractivity contribution in [1.29, 1.82) is 0 Å². The fourth-order valence-electron chi connectivity index (χ4n) is 5.06. The third-order valence-corrected chi connectivity index (χ3v) is 6.48. The molecule has 5 rings (SSSR count). The molecule has 134 valence electrons. The van der Waals surface area contributed by atoms with Crippen molar-refractivity contribution in [2.45, 2.75) is 31.9 Å². The summed E-state index contributed by atoms with van der Waals surface area (Å²) in [6.45, 7) is 2.87. The Balaban J connectivity index is 1.80. The number of carbonyl (C=O) groups excluding carboxylic acids is 2. The molecule has 4 atom stereocenters. The topological polar surface area (TPSA) is 51.5 Å². The normalized spacial score (nSPS) is 30.8. The van der Waals surface area contributed by atoms with E-state index in [1.165, 1.54) is 10.9 Å². The third kappa shape index (κ3) is 1.95. The van der Waals surface area contributed by atoms with Gasteiger partial charge in [-0.25, -0.2) is 0 Å². The maximum Gasteiger partial charge on any atom is 0.261 e. The highest BCUT2D eigenvalue weighted by molar-refractivity contribution is 6.05. The molecule has 0 spiro atoms. The molecule has 1 aromatic carbocycles. The average Bonchev–Trinajstić information content (AvgIpc) is 2.91. The van der Waals surface area contributed by atoms with Crippen molar-refractivity contribution in [3.05, 3.63) is 47.4 Å². The van der Waals surface area contributed by atoms with E-state index in [0.717, 1.165) is 36.9 Å². The Kier molecular flexibility index (Phi) is 3.38. The summed E-state index contributed by atoms with van der Waals surface area (Å²) in [5.41, 5.74) is 3.99. The molecular weight excluding hydrogens is 328 g/mol. The standard InChI is InChI=1S/C21H22N2O3/c1-12-16(10-24)15-9-19-20-14(7-8-22(19)2)13-5-3-4-6-18(13)23(20)21(25)17(15)11-26-12/h3-6,10-12,15-16,19H,7-9H2,1-2H3/t12-,15-,16+,19+/m0/s1. The number of aromatic nitrogens is 1. The highest BCUT2D eigenvalue weighted by Crippen LogP contribution is 2.46. The molecule has 2 aromatic rings. The van der Waals surface area contributed by atoms with Gasteiger partial charge in [0, 0.05) is 23.5 Å². The van der Waals surface area contributed by atoms with Crippen LogP contribution in [0.2, 0.25) is 0 Å². The highest BCUT2D eigenvalue weighted by atomic mass is 16.5. The second kappa shape index (κ2) is 5.55. The molecule has 0 N–H and O–H groups in total. The molecule has 5 heteroatoms. The lowest BCUT2D eigenvalue weighted by Gasteiger charge is -2.37. The Morgan fingerprint density at radius 1 is 1.27 bits per heavy atom. The molecule has 0 aliphatic carbocycles. The Bertz CT molecular complexity index is 958. The molecule has 0 amide bonds. The van der Waals surface area contributed by atoms with Crippen LogP contribution in [-0.4, -0.2) is 41.4 Å². The minimum Gasteiger partial charge on any atom is -0.497 e. The first kappa shape index (κ1) is 15.8. The van der Waals surface area contributed by atoms with E-state index in [9.17, 15) is 9.59 Å². The summed E-state index contributed by atoms with van der Waals surface area (Å²) in [7, 11) is 2.12. The number of hydrogen-bond acceptors (Lipinski definition) is 4. The number of aldehydes is 1. The van der Waals surface area contributed by atoms with Gasteiger partial charge in [-0.3, -0.25) is 14.3 Å². The summed E-state index contributed by atoms with van der Waals surface area (Å²) in [6.07, 6.45) is 4.09. The van der Waals surface area contributed by atoms with Gasteiger partial charge in [0.25, 0.3) is 5.91 Å². The molecule has 3 aliphatic rings. The molecule has 0 fully saturated rings. The first-order valence-corrected chi connectivity index (χ1v) is 9.29. The zero-order chi connectivity index (χ0) is 18.0. The predicted octanol–water partition coefficient (Wildman–Crippen LogP) is 2.95. The van der Waals surface area contributed by atoms with Gasteiger partial charge in [-0.05, 0) is 38.4 Å². The van der Waals surface area contributed by atoms with Gasteiger partial charge in [0.15, 0.2) is 0 Å². The quantitative estimate of drug-likeness (QED) is 0.742. The number of nitrogens with zero attached hydrogens (tertiary/aromatic N) is 2. The minimum absolute atomic E-state index is 0.0380. The first-order chi connectivity index (χ1) is 12.6. The molecular formula is C21H22N2O3. The van der Waals surface area contributed by atoms with Gasteiger partial charge in [-0.1, -0.05) is 18.2 Å². The van der Waals surface area contributed by atoms with Crippen LogP contribution in [0, 0.1) is 11.8 Å². The van der Waals surface area contributed by atoms with E-state index in [1.54, 1.807) is 6.26 Å². The predicted molar refractivity (Wildman–Crippen MR) is 97.9 cm³/mol. The summed E-state index contributed by atoms with van der Waals surface area (Å²) < 4.78 is 7.57.